The molecule has 174 valence electrons. The average molecular weight is 467 g/mol. The standard InChI is InChI=1S/C26H29N3O3.ClH/c1-28-22-11-9-21(15-23(22)29(2)26(28)30)18-32-24-12-10-20(16-25(24)31-3)17-27-14-13-19-7-5-4-6-8-19;/h4-12,15-16,27H,13-14,17-18H2,1-3H3;1H/p-1. The fourth-order valence-electron chi connectivity index (χ4n) is 3.85. The van der Waals surface area contributed by atoms with Crippen LogP contribution >= 0.6 is 0 Å². The lowest BCUT2D eigenvalue weighted by molar-refractivity contribution is -0.00000720. The Labute approximate surface area is 200 Å². The van der Waals surface area contributed by atoms with E-state index in [1.54, 1.807) is 30.3 Å². The van der Waals surface area contributed by atoms with Crippen LogP contribution in [-0.4, -0.2) is 22.8 Å². The van der Waals surface area contributed by atoms with Crippen LogP contribution in [0, 0.1) is 0 Å². The summed E-state index contributed by atoms with van der Waals surface area (Å²) in [4.78, 5) is 12.1. The van der Waals surface area contributed by atoms with Crippen LogP contribution in [-0.2, 0) is 33.7 Å². The molecule has 6 nitrogen and oxygen atoms in total. The number of nitrogens with zero attached hydrogens (tertiary/aromatic N) is 2. The van der Waals surface area contributed by atoms with Gasteiger partial charge < -0.3 is 27.2 Å². The van der Waals surface area contributed by atoms with Crippen molar-refractivity contribution in [2.45, 2.75) is 19.6 Å². The summed E-state index contributed by atoms with van der Waals surface area (Å²) in [6.45, 7) is 2.07. The monoisotopic (exact) mass is 466 g/mol. The van der Waals surface area contributed by atoms with Gasteiger partial charge in [-0.25, -0.2) is 4.79 Å². The largest absolute Gasteiger partial charge is 1.00 e. The van der Waals surface area contributed by atoms with Gasteiger partial charge in [0.25, 0.3) is 0 Å². The summed E-state index contributed by atoms with van der Waals surface area (Å²) in [5, 5.41) is 3.48. The van der Waals surface area contributed by atoms with Crippen molar-refractivity contribution in [1.29, 1.82) is 0 Å². The summed E-state index contributed by atoms with van der Waals surface area (Å²) >= 11 is 0. The number of nitrogens with one attached hydrogen (secondary N) is 1. The molecule has 7 heteroatoms. The van der Waals surface area contributed by atoms with E-state index in [-0.39, 0.29) is 18.1 Å². The van der Waals surface area contributed by atoms with E-state index in [0.717, 1.165) is 41.7 Å². The molecule has 0 amide bonds. The zero-order valence-electron chi connectivity index (χ0n) is 19.2. The summed E-state index contributed by atoms with van der Waals surface area (Å²) < 4.78 is 14.9. The minimum atomic E-state index is -0.0345. The van der Waals surface area contributed by atoms with Gasteiger partial charge in [-0.1, -0.05) is 42.5 Å². The highest BCUT2D eigenvalue weighted by Crippen LogP contribution is 2.29. The first-order valence-electron chi connectivity index (χ1n) is 10.8. The molecule has 1 N–H and O–H groups in total. The Bertz CT molecular complexity index is 1270. The van der Waals surface area contributed by atoms with E-state index in [4.69, 9.17) is 9.47 Å². The SMILES string of the molecule is COc1cc(CNCCc2ccccc2)ccc1OCc1ccc2c(c1)n(C)c(=O)n2C.[Cl-]. The third-order valence-electron chi connectivity index (χ3n) is 5.72. The fourth-order valence-corrected chi connectivity index (χ4v) is 3.85. The number of fused-ring (bicyclic) bond motifs is 1. The normalized spacial score (nSPS) is 10.8. The zero-order valence-corrected chi connectivity index (χ0v) is 19.9. The Hall–Kier alpha value is -3.22. The molecule has 0 atom stereocenters. The third kappa shape index (κ3) is 5.59. The number of aromatic nitrogens is 2. The average Bonchev–Trinajstić information content (AvgIpc) is 3.05. The van der Waals surface area contributed by atoms with Gasteiger partial charge >= 0.3 is 5.69 Å². The van der Waals surface area contributed by atoms with Crippen LogP contribution in [0.4, 0.5) is 0 Å². The molecule has 4 rings (SSSR count). The molecule has 0 saturated carbocycles. The second-order valence-electron chi connectivity index (χ2n) is 7.91. The lowest BCUT2D eigenvalue weighted by Crippen LogP contribution is -3.00. The number of aryl methyl sites for hydroxylation is 2. The van der Waals surface area contributed by atoms with Gasteiger partial charge in [0.2, 0.25) is 0 Å². The van der Waals surface area contributed by atoms with E-state index >= 15 is 0 Å². The molecular weight excluding hydrogens is 438 g/mol. The maximum absolute atomic E-state index is 12.1. The molecule has 0 radical (unpaired) electrons. The number of ether oxygens (including phenoxy) is 2. The van der Waals surface area contributed by atoms with Crippen LogP contribution in [0.1, 0.15) is 16.7 Å². The molecule has 1 aromatic heterocycles. The molecule has 33 heavy (non-hydrogen) atoms. The first-order chi connectivity index (χ1) is 15.6. The summed E-state index contributed by atoms with van der Waals surface area (Å²) in [5.74, 6) is 1.41. The van der Waals surface area contributed by atoms with Gasteiger partial charge in [0.05, 0.1) is 18.1 Å². The number of benzene rings is 3. The zero-order chi connectivity index (χ0) is 22.5. The summed E-state index contributed by atoms with van der Waals surface area (Å²) in [7, 11) is 5.22. The summed E-state index contributed by atoms with van der Waals surface area (Å²) in [6, 6.07) is 22.4. The lowest BCUT2D eigenvalue weighted by atomic mass is 10.1. The van der Waals surface area contributed by atoms with Crippen molar-refractivity contribution >= 4 is 11.0 Å². The van der Waals surface area contributed by atoms with Crippen molar-refractivity contribution in [2.75, 3.05) is 13.7 Å². The van der Waals surface area contributed by atoms with Gasteiger partial charge in [-0.3, -0.25) is 9.13 Å². The van der Waals surface area contributed by atoms with Gasteiger partial charge in [0.1, 0.15) is 6.61 Å². The smallest absolute Gasteiger partial charge is 0.328 e. The minimum absolute atomic E-state index is 0. The van der Waals surface area contributed by atoms with E-state index in [2.05, 4.69) is 35.6 Å². The maximum Gasteiger partial charge on any atom is 0.328 e. The van der Waals surface area contributed by atoms with Crippen LogP contribution in [0.5, 0.6) is 11.5 Å². The molecule has 0 bridgehead atoms. The van der Waals surface area contributed by atoms with E-state index < -0.39 is 0 Å². The summed E-state index contributed by atoms with van der Waals surface area (Å²) in [5.41, 5.74) is 5.23. The van der Waals surface area contributed by atoms with Gasteiger partial charge in [0.15, 0.2) is 11.5 Å². The predicted octanol–water partition coefficient (Wildman–Crippen LogP) is 0.801. The van der Waals surface area contributed by atoms with Crippen LogP contribution < -0.4 is 32.9 Å². The van der Waals surface area contributed by atoms with Crippen molar-refractivity contribution in [1.82, 2.24) is 14.5 Å². The number of hydrogen-bond acceptors (Lipinski definition) is 4. The quantitative estimate of drug-likeness (QED) is 0.371. The van der Waals surface area contributed by atoms with Gasteiger partial charge in [-0.15, -0.1) is 0 Å². The molecule has 4 aromatic rings. The topological polar surface area (TPSA) is 57.4 Å². The molecule has 0 saturated heterocycles. The molecule has 0 aliphatic rings. The molecular formula is C26H29ClN3O3-. The number of rotatable bonds is 9. The highest BCUT2D eigenvalue weighted by Gasteiger charge is 2.10. The van der Waals surface area contributed by atoms with Crippen LogP contribution in [0.15, 0.2) is 71.5 Å². The number of halogens is 1. The highest BCUT2D eigenvalue weighted by molar-refractivity contribution is 5.76. The van der Waals surface area contributed by atoms with Crippen molar-refractivity contribution in [2.24, 2.45) is 14.1 Å². The predicted molar refractivity (Wildman–Crippen MR) is 127 cm³/mol. The van der Waals surface area contributed by atoms with E-state index in [0.29, 0.717) is 18.1 Å². The minimum Gasteiger partial charge on any atom is -1.00 e. The fraction of sp³-hybridized carbons (Fsp3) is 0.269. The second kappa shape index (κ2) is 11.1. The van der Waals surface area contributed by atoms with E-state index in [9.17, 15) is 4.79 Å². The number of methoxy groups -OCH3 is 1. The van der Waals surface area contributed by atoms with Gasteiger partial charge in [-0.05, 0) is 53.9 Å². The van der Waals surface area contributed by atoms with Crippen LogP contribution in [0.2, 0.25) is 0 Å². The second-order valence-corrected chi connectivity index (χ2v) is 7.91. The Balaban J connectivity index is 0.00000306. The van der Waals surface area contributed by atoms with Crippen molar-refractivity contribution < 1.29 is 21.9 Å². The Morgan fingerprint density at radius 2 is 1.55 bits per heavy atom. The van der Waals surface area contributed by atoms with Gasteiger partial charge in [0, 0.05) is 20.6 Å². The maximum atomic E-state index is 12.1. The Kier molecular flexibility index (Phi) is 8.20. The Morgan fingerprint density at radius 3 is 2.30 bits per heavy atom. The van der Waals surface area contributed by atoms with Gasteiger partial charge in [-0.2, -0.15) is 0 Å². The first kappa shape index (κ1) is 24.4. The number of hydrogen-bond donors (Lipinski definition) is 1. The molecule has 0 aliphatic heterocycles. The summed E-state index contributed by atoms with van der Waals surface area (Å²) in [6.07, 6.45) is 0.997. The van der Waals surface area contributed by atoms with Crippen LogP contribution in [0.25, 0.3) is 11.0 Å². The molecule has 0 unspecified atom stereocenters. The highest BCUT2D eigenvalue weighted by atomic mass is 35.5. The molecule has 0 aliphatic carbocycles. The van der Waals surface area contributed by atoms with Crippen LogP contribution in [0.3, 0.4) is 0 Å². The number of imidazole rings is 1. The molecule has 0 spiro atoms. The Morgan fingerprint density at radius 1 is 0.818 bits per heavy atom. The molecule has 3 aromatic carbocycles. The van der Waals surface area contributed by atoms with Crippen molar-refractivity contribution in [3.05, 3.63) is 93.9 Å². The van der Waals surface area contributed by atoms with Crippen molar-refractivity contribution in [3.63, 3.8) is 0 Å². The van der Waals surface area contributed by atoms with E-state index in [1.165, 1.54) is 5.56 Å². The first-order valence-corrected chi connectivity index (χ1v) is 10.8. The van der Waals surface area contributed by atoms with Crippen molar-refractivity contribution in [3.8, 4) is 11.5 Å². The third-order valence-corrected chi connectivity index (χ3v) is 5.72. The lowest BCUT2D eigenvalue weighted by Gasteiger charge is -2.13. The molecule has 1 heterocycles. The van der Waals surface area contributed by atoms with E-state index in [1.807, 2.05) is 36.4 Å². The molecule has 0 fully saturated rings.